The van der Waals surface area contributed by atoms with Gasteiger partial charge in [-0.1, -0.05) is 36.4 Å². The average molecular weight is 271 g/mol. The number of carbonyl (C=O) groups is 1. The maximum atomic E-state index is 12.3. The number of rotatable bonds is 6. The van der Waals surface area contributed by atoms with Crippen LogP contribution >= 0.6 is 0 Å². The first-order valence-corrected chi connectivity index (χ1v) is 7.13. The van der Waals surface area contributed by atoms with Crippen molar-refractivity contribution in [3.05, 3.63) is 42.5 Å². The van der Waals surface area contributed by atoms with Gasteiger partial charge in [-0.15, -0.1) is 0 Å². The number of amides is 1. The minimum Gasteiger partial charge on any atom is -0.381 e. The molecule has 0 saturated carbocycles. The van der Waals surface area contributed by atoms with E-state index in [2.05, 4.69) is 18.2 Å². The Bertz CT molecular complexity index is 575. The van der Waals surface area contributed by atoms with E-state index in [1.54, 1.807) is 0 Å². The lowest BCUT2D eigenvalue weighted by Gasteiger charge is -2.22. The Hall–Kier alpha value is -1.87. The highest BCUT2D eigenvalue weighted by Crippen LogP contribution is 2.27. The molecule has 2 rings (SSSR count). The number of hydrogen-bond acceptors (Lipinski definition) is 2. The predicted molar refractivity (Wildman–Crippen MR) is 83.1 cm³/mol. The van der Waals surface area contributed by atoms with Crippen LogP contribution in [-0.4, -0.2) is 25.7 Å². The van der Waals surface area contributed by atoms with Gasteiger partial charge in [-0.2, -0.15) is 0 Å². The number of hydrogen-bond donors (Lipinski definition) is 0. The van der Waals surface area contributed by atoms with Gasteiger partial charge in [0.25, 0.3) is 0 Å². The van der Waals surface area contributed by atoms with Crippen LogP contribution in [-0.2, 0) is 9.53 Å². The van der Waals surface area contributed by atoms with Crippen LogP contribution in [0.4, 0.5) is 5.69 Å². The molecule has 1 amide bonds. The smallest absolute Gasteiger partial charge is 0.229 e. The van der Waals surface area contributed by atoms with Gasteiger partial charge in [-0.3, -0.25) is 4.79 Å². The summed E-state index contributed by atoms with van der Waals surface area (Å²) in [4.78, 5) is 14.2. The number of benzene rings is 2. The summed E-state index contributed by atoms with van der Waals surface area (Å²) in [6, 6.07) is 14.2. The van der Waals surface area contributed by atoms with Crippen molar-refractivity contribution in [3.63, 3.8) is 0 Å². The number of anilines is 1. The van der Waals surface area contributed by atoms with Gasteiger partial charge in [-0.05, 0) is 25.3 Å². The van der Waals surface area contributed by atoms with Crippen molar-refractivity contribution in [1.82, 2.24) is 0 Å². The third-order valence-electron chi connectivity index (χ3n) is 3.34. The van der Waals surface area contributed by atoms with Gasteiger partial charge in [-0.25, -0.2) is 0 Å². The van der Waals surface area contributed by atoms with E-state index in [-0.39, 0.29) is 5.91 Å². The van der Waals surface area contributed by atoms with Gasteiger partial charge in [0.15, 0.2) is 0 Å². The normalized spacial score (nSPS) is 10.7. The van der Waals surface area contributed by atoms with Crippen molar-refractivity contribution in [2.24, 2.45) is 0 Å². The largest absolute Gasteiger partial charge is 0.381 e. The molecule has 0 radical (unpaired) electrons. The van der Waals surface area contributed by atoms with Gasteiger partial charge in [0.1, 0.15) is 0 Å². The second kappa shape index (κ2) is 7.06. The van der Waals surface area contributed by atoms with Crippen molar-refractivity contribution >= 4 is 22.4 Å². The van der Waals surface area contributed by atoms with E-state index < -0.39 is 0 Å². The Morgan fingerprint density at radius 1 is 1.10 bits per heavy atom. The van der Waals surface area contributed by atoms with Gasteiger partial charge in [0, 0.05) is 18.5 Å². The van der Waals surface area contributed by atoms with Crippen LogP contribution in [0.25, 0.3) is 10.8 Å². The quantitative estimate of drug-likeness (QED) is 0.751. The maximum Gasteiger partial charge on any atom is 0.229 e. The maximum absolute atomic E-state index is 12.3. The fourth-order valence-corrected chi connectivity index (χ4v) is 2.36. The summed E-state index contributed by atoms with van der Waals surface area (Å²) in [5.74, 6) is 0.109. The minimum absolute atomic E-state index is 0.109. The molecule has 0 aliphatic carbocycles. The molecule has 0 heterocycles. The van der Waals surface area contributed by atoms with Crippen molar-refractivity contribution < 1.29 is 9.53 Å². The van der Waals surface area contributed by atoms with Gasteiger partial charge >= 0.3 is 0 Å². The Balaban J connectivity index is 2.27. The molecular weight excluding hydrogens is 250 g/mol. The van der Waals surface area contributed by atoms with Crippen molar-refractivity contribution in [1.29, 1.82) is 0 Å². The van der Waals surface area contributed by atoms with Crippen LogP contribution in [0.15, 0.2) is 42.5 Å². The predicted octanol–water partition coefficient (Wildman–Crippen LogP) is 3.62. The van der Waals surface area contributed by atoms with E-state index in [1.165, 1.54) is 0 Å². The molecule has 0 aliphatic rings. The molecule has 106 valence electrons. The van der Waals surface area contributed by atoms with Crippen LogP contribution in [0.1, 0.15) is 20.3 Å². The van der Waals surface area contributed by atoms with Crippen LogP contribution in [0.5, 0.6) is 0 Å². The van der Waals surface area contributed by atoms with Crippen LogP contribution in [0, 0.1) is 0 Å². The molecule has 0 unspecified atom stereocenters. The molecule has 0 N–H and O–H groups in total. The summed E-state index contributed by atoms with van der Waals surface area (Å²) < 4.78 is 5.27. The third kappa shape index (κ3) is 3.17. The second-order valence-corrected chi connectivity index (χ2v) is 4.58. The molecule has 0 aliphatic heterocycles. The summed E-state index contributed by atoms with van der Waals surface area (Å²) in [7, 11) is 0. The minimum atomic E-state index is 0.109. The monoisotopic (exact) mass is 271 g/mol. The summed E-state index contributed by atoms with van der Waals surface area (Å²) in [6.07, 6.45) is 0.422. The van der Waals surface area contributed by atoms with E-state index in [0.717, 1.165) is 16.5 Å². The Labute approximate surface area is 120 Å². The summed E-state index contributed by atoms with van der Waals surface area (Å²) >= 11 is 0. The standard InChI is InChI=1S/C17H21NO2/c1-3-18(17(19)12-13-20-4-2)16-11-7-9-14-8-5-6-10-15(14)16/h5-11H,3-4,12-13H2,1-2H3. The molecule has 0 saturated heterocycles. The lowest BCUT2D eigenvalue weighted by atomic mass is 10.1. The first-order valence-electron chi connectivity index (χ1n) is 7.13. The first-order chi connectivity index (χ1) is 9.77. The molecule has 2 aromatic rings. The highest BCUT2D eigenvalue weighted by Gasteiger charge is 2.15. The van der Waals surface area contributed by atoms with Gasteiger partial charge < -0.3 is 9.64 Å². The van der Waals surface area contributed by atoms with E-state index in [1.807, 2.05) is 43.0 Å². The molecule has 0 fully saturated rings. The molecule has 0 spiro atoms. The fourth-order valence-electron chi connectivity index (χ4n) is 2.36. The Morgan fingerprint density at radius 2 is 1.85 bits per heavy atom. The molecule has 2 aromatic carbocycles. The highest BCUT2D eigenvalue weighted by atomic mass is 16.5. The topological polar surface area (TPSA) is 29.5 Å². The number of ether oxygens (including phenoxy) is 1. The van der Waals surface area contributed by atoms with Crippen molar-refractivity contribution in [2.75, 3.05) is 24.7 Å². The lowest BCUT2D eigenvalue weighted by Crippen LogP contribution is -2.31. The van der Waals surface area contributed by atoms with Crippen LogP contribution < -0.4 is 4.90 Å². The summed E-state index contributed by atoms with van der Waals surface area (Å²) in [5, 5.41) is 2.27. The highest BCUT2D eigenvalue weighted by molar-refractivity contribution is 6.03. The Kier molecular flexibility index (Phi) is 5.13. The zero-order valence-corrected chi connectivity index (χ0v) is 12.1. The molecular formula is C17H21NO2. The van der Waals surface area contributed by atoms with Crippen LogP contribution in [0.3, 0.4) is 0 Å². The molecule has 0 aromatic heterocycles. The van der Waals surface area contributed by atoms with E-state index in [0.29, 0.717) is 26.2 Å². The summed E-state index contributed by atoms with van der Waals surface area (Å²) in [5.41, 5.74) is 0.979. The fraction of sp³-hybridized carbons (Fsp3) is 0.353. The zero-order chi connectivity index (χ0) is 14.4. The number of nitrogens with zero attached hydrogens (tertiary/aromatic N) is 1. The van der Waals surface area contributed by atoms with E-state index in [9.17, 15) is 4.79 Å². The average Bonchev–Trinajstić information content (AvgIpc) is 2.48. The lowest BCUT2D eigenvalue weighted by molar-refractivity contribution is -0.119. The van der Waals surface area contributed by atoms with Crippen molar-refractivity contribution in [3.8, 4) is 0 Å². The number of fused-ring (bicyclic) bond motifs is 1. The molecule has 0 bridgehead atoms. The Morgan fingerprint density at radius 3 is 2.60 bits per heavy atom. The molecule has 3 nitrogen and oxygen atoms in total. The summed E-state index contributed by atoms with van der Waals surface area (Å²) in [6.45, 7) is 5.73. The van der Waals surface area contributed by atoms with E-state index in [4.69, 9.17) is 4.74 Å². The van der Waals surface area contributed by atoms with Gasteiger partial charge in [0.2, 0.25) is 5.91 Å². The second-order valence-electron chi connectivity index (χ2n) is 4.58. The van der Waals surface area contributed by atoms with Crippen molar-refractivity contribution in [2.45, 2.75) is 20.3 Å². The third-order valence-corrected chi connectivity index (χ3v) is 3.34. The zero-order valence-electron chi connectivity index (χ0n) is 12.1. The molecule has 0 atom stereocenters. The van der Waals surface area contributed by atoms with Crippen LogP contribution in [0.2, 0.25) is 0 Å². The van der Waals surface area contributed by atoms with E-state index >= 15 is 0 Å². The SMILES string of the molecule is CCOCCC(=O)N(CC)c1cccc2ccccc12. The van der Waals surface area contributed by atoms with Gasteiger partial charge in [0.05, 0.1) is 18.7 Å². The first kappa shape index (κ1) is 14.5. The molecule has 3 heteroatoms. The number of carbonyl (C=O) groups excluding carboxylic acids is 1. The molecule has 20 heavy (non-hydrogen) atoms.